The lowest BCUT2D eigenvalue weighted by Gasteiger charge is -2.34. The van der Waals surface area contributed by atoms with Gasteiger partial charge in [-0.05, 0) is 62.3 Å². The predicted octanol–water partition coefficient (Wildman–Crippen LogP) is 4.58. The minimum Gasteiger partial charge on any atom is -0.492 e. The van der Waals surface area contributed by atoms with Gasteiger partial charge >= 0.3 is 0 Å². The van der Waals surface area contributed by atoms with Crippen molar-refractivity contribution in [3.05, 3.63) is 24.3 Å². The van der Waals surface area contributed by atoms with Crippen LogP contribution < -0.4 is 10.1 Å². The van der Waals surface area contributed by atoms with Crippen molar-refractivity contribution in [2.45, 2.75) is 59.5 Å². The Kier molecular flexibility index (Phi) is 8.77. The zero-order valence-corrected chi connectivity index (χ0v) is 18.3. The third-order valence-electron chi connectivity index (χ3n) is 5.51. The third-order valence-corrected chi connectivity index (χ3v) is 5.51. The van der Waals surface area contributed by atoms with E-state index in [9.17, 15) is 4.79 Å². The van der Waals surface area contributed by atoms with Crippen LogP contribution in [-0.2, 0) is 9.53 Å². The molecule has 158 valence electrons. The first kappa shape index (κ1) is 22.7. The van der Waals surface area contributed by atoms with Crippen molar-refractivity contribution >= 4 is 11.6 Å². The topological polar surface area (TPSA) is 50.8 Å². The first-order valence-corrected chi connectivity index (χ1v) is 10.8. The molecule has 1 amide bonds. The highest BCUT2D eigenvalue weighted by Crippen LogP contribution is 2.22. The second-order valence-electron chi connectivity index (χ2n) is 8.47. The van der Waals surface area contributed by atoms with Crippen molar-refractivity contribution in [1.29, 1.82) is 0 Å². The van der Waals surface area contributed by atoms with Gasteiger partial charge in [0.05, 0.1) is 0 Å². The van der Waals surface area contributed by atoms with Crippen LogP contribution in [0, 0.1) is 11.8 Å². The van der Waals surface area contributed by atoms with E-state index in [1.807, 2.05) is 45.0 Å². The summed E-state index contributed by atoms with van der Waals surface area (Å²) in [7, 11) is 0. The number of carbonyl (C=O) groups is 1. The van der Waals surface area contributed by atoms with Gasteiger partial charge in [0.1, 0.15) is 18.0 Å². The first-order valence-electron chi connectivity index (χ1n) is 10.8. The molecular weight excluding hydrogens is 352 g/mol. The van der Waals surface area contributed by atoms with Gasteiger partial charge in [0.15, 0.2) is 0 Å². The number of piperidine rings is 1. The monoisotopic (exact) mass is 390 g/mol. The Morgan fingerprint density at radius 3 is 2.36 bits per heavy atom. The van der Waals surface area contributed by atoms with Gasteiger partial charge in [-0.25, -0.2) is 0 Å². The number of anilines is 1. The molecule has 1 aliphatic rings. The average molecular weight is 391 g/mol. The van der Waals surface area contributed by atoms with E-state index in [-0.39, 0.29) is 5.91 Å². The van der Waals surface area contributed by atoms with E-state index < -0.39 is 5.60 Å². The Morgan fingerprint density at radius 2 is 1.79 bits per heavy atom. The highest BCUT2D eigenvalue weighted by molar-refractivity contribution is 5.97. The molecule has 1 N–H and O–H groups in total. The van der Waals surface area contributed by atoms with E-state index in [2.05, 4.69) is 24.1 Å². The normalized spacial score (nSPS) is 22.5. The molecule has 2 rings (SSSR count). The summed E-state index contributed by atoms with van der Waals surface area (Å²) in [5.41, 5.74) is -0.0377. The molecule has 3 atom stereocenters. The number of ether oxygens (including phenoxy) is 2. The van der Waals surface area contributed by atoms with Crippen molar-refractivity contribution in [3.8, 4) is 5.75 Å². The molecule has 0 radical (unpaired) electrons. The predicted molar refractivity (Wildman–Crippen MR) is 115 cm³/mol. The Balaban J connectivity index is 1.80. The number of amides is 1. The van der Waals surface area contributed by atoms with Gasteiger partial charge in [0.25, 0.3) is 5.91 Å². The molecule has 0 saturated carbocycles. The van der Waals surface area contributed by atoms with Gasteiger partial charge in [-0.2, -0.15) is 0 Å². The molecule has 0 aliphatic carbocycles. The van der Waals surface area contributed by atoms with E-state index in [1.54, 1.807) is 0 Å². The second-order valence-corrected chi connectivity index (χ2v) is 8.47. The highest BCUT2D eigenvalue weighted by Gasteiger charge is 2.32. The van der Waals surface area contributed by atoms with Crippen molar-refractivity contribution in [3.63, 3.8) is 0 Å². The molecule has 5 heteroatoms. The Bertz CT molecular complexity index is 594. The summed E-state index contributed by atoms with van der Waals surface area (Å²) in [6.07, 6.45) is 2.85. The van der Waals surface area contributed by atoms with Crippen LogP contribution in [0.3, 0.4) is 0 Å². The fourth-order valence-corrected chi connectivity index (χ4v) is 3.82. The third kappa shape index (κ3) is 6.78. The number of carbonyl (C=O) groups excluding carboxylic acids is 1. The van der Waals surface area contributed by atoms with E-state index in [0.29, 0.717) is 19.6 Å². The smallest absolute Gasteiger partial charge is 0.256 e. The standard InChI is InChI=1S/C23H38N2O3/c1-6-13-28-23(5,7-2)22(26)24-20-8-10-21(11-9-20)27-14-12-25-16-18(3)15-19(4)17-25/h8-11,18-19H,6-7,12-17H2,1-5H3,(H,24,26)/t18-,19-,23+/m1/s1. The quantitative estimate of drug-likeness (QED) is 0.635. The van der Waals surface area contributed by atoms with Gasteiger partial charge in [-0.15, -0.1) is 0 Å². The molecule has 1 aromatic carbocycles. The lowest BCUT2D eigenvalue weighted by atomic mass is 9.92. The molecule has 0 spiro atoms. The summed E-state index contributed by atoms with van der Waals surface area (Å²) in [6, 6.07) is 7.59. The Labute approximate surface area is 170 Å². The van der Waals surface area contributed by atoms with Crippen LogP contribution in [0.4, 0.5) is 5.69 Å². The molecule has 28 heavy (non-hydrogen) atoms. The number of benzene rings is 1. The molecule has 0 bridgehead atoms. The van der Waals surface area contributed by atoms with Crippen LogP contribution in [-0.4, -0.2) is 49.3 Å². The number of hydrogen-bond donors (Lipinski definition) is 1. The number of rotatable bonds is 10. The van der Waals surface area contributed by atoms with Crippen LogP contribution in [0.25, 0.3) is 0 Å². The van der Waals surface area contributed by atoms with Gasteiger partial charge in [0.2, 0.25) is 0 Å². The molecule has 1 heterocycles. The zero-order chi connectivity index (χ0) is 20.6. The van der Waals surface area contributed by atoms with Crippen LogP contribution in [0.2, 0.25) is 0 Å². The van der Waals surface area contributed by atoms with Crippen LogP contribution in [0.5, 0.6) is 5.75 Å². The summed E-state index contributed by atoms with van der Waals surface area (Å²) in [5.74, 6) is 2.26. The minimum atomic E-state index is -0.798. The van der Waals surface area contributed by atoms with Gasteiger partial charge < -0.3 is 14.8 Å². The maximum Gasteiger partial charge on any atom is 0.256 e. The van der Waals surface area contributed by atoms with Crippen LogP contribution in [0.1, 0.15) is 53.9 Å². The van der Waals surface area contributed by atoms with Crippen molar-refractivity contribution in [1.82, 2.24) is 4.90 Å². The number of nitrogens with one attached hydrogen (secondary N) is 1. The first-order chi connectivity index (χ1) is 13.4. The molecule has 0 aromatic heterocycles. The van der Waals surface area contributed by atoms with E-state index in [1.165, 1.54) is 6.42 Å². The van der Waals surface area contributed by atoms with Gasteiger partial charge in [0, 0.05) is 31.9 Å². The lowest BCUT2D eigenvalue weighted by Crippen LogP contribution is -2.42. The summed E-state index contributed by atoms with van der Waals surface area (Å²) in [4.78, 5) is 15.1. The maximum absolute atomic E-state index is 12.6. The average Bonchev–Trinajstić information content (AvgIpc) is 2.66. The van der Waals surface area contributed by atoms with Crippen LogP contribution in [0.15, 0.2) is 24.3 Å². The molecule has 1 fully saturated rings. The Hall–Kier alpha value is -1.59. The molecule has 1 saturated heterocycles. The van der Waals surface area contributed by atoms with Gasteiger partial charge in [-0.3, -0.25) is 9.69 Å². The Morgan fingerprint density at radius 1 is 1.14 bits per heavy atom. The zero-order valence-electron chi connectivity index (χ0n) is 18.3. The van der Waals surface area contributed by atoms with Crippen molar-refractivity contribution < 1.29 is 14.3 Å². The number of hydrogen-bond acceptors (Lipinski definition) is 4. The van der Waals surface area contributed by atoms with E-state index >= 15 is 0 Å². The second kappa shape index (κ2) is 10.8. The molecule has 5 nitrogen and oxygen atoms in total. The molecule has 1 aliphatic heterocycles. The number of likely N-dealkylation sites (tertiary alicyclic amines) is 1. The fourth-order valence-electron chi connectivity index (χ4n) is 3.82. The fraction of sp³-hybridized carbons (Fsp3) is 0.696. The highest BCUT2D eigenvalue weighted by atomic mass is 16.5. The lowest BCUT2D eigenvalue weighted by molar-refractivity contribution is -0.139. The summed E-state index contributed by atoms with van der Waals surface area (Å²) < 4.78 is 11.7. The molecule has 0 unspecified atom stereocenters. The molecular formula is C23H38N2O3. The van der Waals surface area contributed by atoms with Crippen molar-refractivity contribution in [2.75, 3.05) is 38.2 Å². The van der Waals surface area contributed by atoms with Crippen LogP contribution >= 0.6 is 0 Å². The molecule has 1 aromatic rings. The number of nitrogens with zero attached hydrogens (tertiary/aromatic N) is 1. The summed E-state index contributed by atoms with van der Waals surface area (Å²) in [5, 5.41) is 2.96. The van der Waals surface area contributed by atoms with Crippen molar-refractivity contribution in [2.24, 2.45) is 11.8 Å². The largest absolute Gasteiger partial charge is 0.492 e. The van der Waals surface area contributed by atoms with E-state index in [4.69, 9.17) is 9.47 Å². The SMILES string of the molecule is CCCO[C@@](C)(CC)C(=O)Nc1ccc(OCCN2C[C@H](C)C[C@@H](C)C2)cc1. The maximum atomic E-state index is 12.6. The van der Waals surface area contributed by atoms with Gasteiger partial charge in [-0.1, -0.05) is 27.7 Å². The minimum absolute atomic E-state index is 0.106. The summed E-state index contributed by atoms with van der Waals surface area (Å²) >= 11 is 0. The van der Waals surface area contributed by atoms with E-state index in [0.717, 1.165) is 49.3 Å². The summed E-state index contributed by atoms with van der Waals surface area (Å²) in [6.45, 7) is 15.1.